The van der Waals surface area contributed by atoms with Crippen molar-refractivity contribution in [3.8, 4) is 0 Å². The Hall–Kier alpha value is -1.39. The van der Waals surface area contributed by atoms with Gasteiger partial charge in [-0.25, -0.2) is 4.98 Å². The van der Waals surface area contributed by atoms with Crippen molar-refractivity contribution >= 4 is 5.91 Å². The summed E-state index contributed by atoms with van der Waals surface area (Å²) >= 11 is 0. The SMILES string of the molecule is CCC(CC)C(=O)NCc1ncn[nH]1. The van der Waals surface area contributed by atoms with Gasteiger partial charge in [-0.1, -0.05) is 13.8 Å². The number of aromatic amines is 1. The monoisotopic (exact) mass is 196 g/mol. The summed E-state index contributed by atoms with van der Waals surface area (Å²) in [5.41, 5.74) is 0. The second kappa shape index (κ2) is 5.36. The smallest absolute Gasteiger partial charge is 0.223 e. The molecule has 0 aliphatic carbocycles. The van der Waals surface area contributed by atoms with Crippen LogP contribution in [-0.2, 0) is 11.3 Å². The Morgan fingerprint density at radius 3 is 2.79 bits per heavy atom. The van der Waals surface area contributed by atoms with E-state index in [0.29, 0.717) is 12.4 Å². The number of carbonyl (C=O) groups excluding carboxylic acids is 1. The highest BCUT2D eigenvalue weighted by atomic mass is 16.1. The maximum absolute atomic E-state index is 11.5. The number of aromatic nitrogens is 3. The van der Waals surface area contributed by atoms with Crippen LogP contribution in [0.15, 0.2) is 6.33 Å². The van der Waals surface area contributed by atoms with Crippen molar-refractivity contribution in [2.24, 2.45) is 5.92 Å². The Bertz CT molecular complexity index is 266. The highest BCUT2D eigenvalue weighted by Crippen LogP contribution is 2.06. The van der Waals surface area contributed by atoms with Crippen LogP contribution >= 0.6 is 0 Å². The van der Waals surface area contributed by atoms with Gasteiger partial charge in [0.1, 0.15) is 12.2 Å². The standard InChI is InChI=1S/C9H16N4O/c1-3-7(4-2)9(14)10-5-8-11-6-12-13-8/h6-7H,3-5H2,1-2H3,(H,10,14)(H,11,12,13). The summed E-state index contributed by atoms with van der Waals surface area (Å²) in [4.78, 5) is 15.4. The quantitative estimate of drug-likeness (QED) is 0.733. The highest BCUT2D eigenvalue weighted by Gasteiger charge is 2.13. The number of carbonyl (C=O) groups is 1. The molecule has 0 aliphatic rings. The zero-order chi connectivity index (χ0) is 10.4. The minimum atomic E-state index is 0.0893. The fraction of sp³-hybridized carbons (Fsp3) is 0.667. The van der Waals surface area contributed by atoms with E-state index >= 15 is 0 Å². The topological polar surface area (TPSA) is 70.7 Å². The molecule has 0 bridgehead atoms. The van der Waals surface area contributed by atoms with Crippen LogP contribution in [0.4, 0.5) is 0 Å². The number of nitrogens with one attached hydrogen (secondary N) is 2. The van der Waals surface area contributed by atoms with E-state index in [9.17, 15) is 4.79 Å². The summed E-state index contributed by atoms with van der Waals surface area (Å²) in [5, 5.41) is 9.20. The van der Waals surface area contributed by atoms with Crippen LogP contribution in [0.1, 0.15) is 32.5 Å². The second-order valence-corrected chi connectivity index (χ2v) is 3.16. The Morgan fingerprint density at radius 1 is 1.57 bits per heavy atom. The zero-order valence-electron chi connectivity index (χ0n) is 8.58. The number of hydrogen-bond donors (Lipinski definition) is 2. The molecule has 0 aromatic carbocycles. The van der Waals surface area contributed by atoms with E-state index < -0.39 is 0 Å². The summed E-state index contributed by atoms with van der Waals surface area (Å²) in [7, 11) is 0. The molecule has 1 aromatic heterocycles. The minimum Gasteiger partial charge on any atom is -0.349 e. The lowest BCUT2D eigenvalue weighted by Crippen LogP contribution is -2.29. The van der Waals surface area contributed by atoms with Gasteiger partial charge in [-0.3, -0.25) is 9.89 Å². The molecule has 14 heavy (non-hydrogen) atoms. The Kier molecular flexibility index (Phi) is 4.10. The molecule has 2 N–H and O–H groups in total. The molecule has 0 spiro atoms. The summed E-state index contributed by atoms with van der Waals surface area (Å²) in [5.74, 6) is 0.883. The van der Waals surface area contributed by atoms with Crippen molar-refractivity contribution in [3.63, 3.8) is 0 Å². The van der Waals surface area contributed by atoms with Crippen LogP contribution in [-0.4, -0.2) is 21.1 Å². The average Bonchev–Trinajstić information content (AvgIpc) is 2.69. The van der Waals surface area contributed by atoms with Crippen LogP contribution in [0.5, 0.6) is 0 Å². The van der Waals surface area contributed by atoms with Crippen molar-refractivity contribution < 1.29 is 4.79 Å². The van der Waals surface area contributed by atoms with Crippen molar-refractivity contribution in [1.29, 1.82) is 0 Å². The number of nitrogens with zero attached hydrogens (tertiary/aromatic N) is 2. The Labute approximate surface area is 83.3 Å². The fourth-order valence-corrected chi connectivity index (χ4v) is 1.29. The molecule has 1 aromatic rings. The first-order valence-electron chi connectivity index (χ1n) is 4.89. The van der Waals surface area contributed by atoms with Gasteiger partial charge in [0.25, 0.3) is 0 Å². The molecule has 0 unspecified atom stereocenters. The molecular weight excluding hydrogens is 180 g/mol. The third kappa shape index (κ3) is 2.83. The second-order valence-electron chi connectivity index (χ2n) is 3.16. The molecule has 0 saturated heterocycles. The van der Waals surface area contributed by atoms with E-state index in [1.54, 1.807) is 0 Å². The lowest BCUT2D eigenvalue weighted by atomic mass is 10.0. The number of H-pyrrole nitrogens is 1. The largest absolute Gasteiger partial charge is 0.349 e. The third-order valence-electron chi connectivity index (χ3n) is 2.25. The van der Waals surface area contributed by atoms with Gasteiger partial charge in [-0.2, -0.15) is 5.10 Å². The molecule has 0 atom stereocenters. The lowest BCUT2D eigenvalue weighted by Gasteiger charge is -2.11. The first-order valence-corrected chi connectivity index (χ1v) is 4.89. The maximum atomic E-state index is 11.5. The summed E-state index contributed by atoms with van der Waals surface area (Å²) in [6.45, 7) is 4.46. The van der Waals surface area contributed by atoms with E-state index in [1.165, 1.54) is 6.33 Å². The van der Waals surface area contributed by atoms with E-state index in [-0.39, 0.29) is 11.8 Å². The lowest BCUT2D eigenvalue weighted by molar-refractivity contribution is -0.125. The molecule has 0 radical (unpaired) electrons. The average molecular weight is 196 g/mol. The van der Waals surface area contributed by atoms with E-state index in [0.717, 1.165) is 12.8 Å². The maximum Gasteiger partial charge on any atom is 0.223 e. The van der Waals surface area contributed by atoms with E-state index in [2.05, 4.69) is 20.5 Å². The summed E-state index contributed by atoms with van der Waals surface area (Å²) in [6.07, 6.45) is 3.18. The number of rotatable bonds is 5. The summed E-state index contributed by atoms with van der Waals surface area (Å²) < 4.78 is 0. The van der Waals surface area contributed by atoms with Gasteiger partial charge in [-0.15, -0.1) is 0 Å². The van der Waals surface area contributed by atoms with Gasteiger partial charge < -0.3 is 5.32 Å². The summed E-state index contributed by atoms with van der Waals surface area (Å²) in [6, 6.07) is 0. The first kappa shape index (κ1) is 10.7. The van der Waals surface area contributed by atoms with Crippen molar-refractivity contribution in [1.82, 2.24) is 20.5 Å². The molecule has 5 nitrogen and oxygen atoms in total. The molecule has 0 saturated carbocycles. The first-order chi connectivity index (χ1) is 6.77. The fourth-order valence-electron chi connectivity index (χ4n) is 1.29. The molecule has 1 amide bonds. The number of amides is 1. The Balaban J connectivity index is 2.34. The molecule has 0 aliphatic heterocycles. The van der Waals surface area contributed by atoms with Gasteiger partial charge in [0.05, 0.1) is 6.54 Å². The molecule has 5 heteroatoms. The predicted molar refractivity (Wildman–Crippen MR) is 52.3 cm³/mol. The van der Waals surface area contributed by atoms with Gasteiger partial charge in [0.2, 0.25) is 5.91 Å². The van der Waals surface area contributed by atoms with Crippen LogP contribution in [0.25, 0.3) is 0 Å². The van der Waals surface area contributed by atoms with E-state index in [4.69, 9.17) is 0 Å². The highest BCUT2D eigenvalue weighted by molar-refractivity contribution is 5.78. The number of hydrogen-bond acceptors (Lipinski definition) is 3. The molecular formula is C9H16N4O. The normalized spacial score (nSPS) is 10.5. The van der Waals surface area contributed by atoms with Crippen LogP contribution in [0.3, 0.4) is 0 Å². The third-order valence-corrected chi connectivity index (χ3v) is 2.25. The van der Waals surface area contributed by atoms with Crippen molar-refractivity contribution in [2.45, 2.75) is 33.2 Å². The molecule has 78 valence electrons. The molecule has 1 rings (SSSR count). The van der Waals surface area contributed by atoms with Crippen LogP contribution in [0, 0.1) is 5.92 Å². The Morgan fingerprint density at radius 2 is 2.29 bits per heavy atom. The van der Waals surface area contributed by atoms with Crippen LogP contribution < -0.4 is 5.32 Å². The van der Waals surface area contributed by atoms with Gasteiger partial charge in [0.15, 0.2) is 0 Å². The minimum absolute atomic E-state index is 0.0893. The molecule has 1 heterocycles. The van der Waals surface area contributed by atoms with Gasteiger partial charge in [0, 0.05) is 5.92 Å². The van der Waals surface area contributed by atoms with E-state index in [1.807, 2.05) is 13.8 Å². The van der Waals surface area contributed by atoms with Crippen molar-refractivity contribution in [2.75, 3.05) is 0 Å². The van der Waals surface area contributed by atoms with Gasteiger partial charge in [-0.05, 0) is 12.8 Å². The molecule has 0 fully saturated rings. The predicted octanol–water partition coefficient (Wildman–Crippen LogP) is 0.857. The van der Waals surface area contributed by atoms with Crippen molar-refractivity contribution in [3.05, 3.63) is 12.2 Å². The van der Waals surface area contributed by atoms with Crippen LogP contribution in [0.2, 0.25) is 0 Å². The van der Waals surface area contributed by atoms with Gasteiger partial charge >= 0.3 is 0 Å². The zero-order valence-corrected chi connectivity index (χ0v) is 8.58.